The monoisotopic (exact) mass is 582 g/mol. The predicted molar refractivity (Wildman–Crippen MR) is 130 cm³/mol. The summed E-state index contributed by atoms with van der Waals surface area (Å²) in [5, 5.41) is 15.1. The second kappa shape index (κ2) is 10.5. The zero-order valence-corrected chi connectivity index (χ0v) is 22.3. The van der Waals surface area contributed by atoms with Crippen LogP contribution in [0.2, 0.25) is 5.15 Å². The van der Waals surface area contributed by atoms with E-state index in [2.05, 4.69) is 15.2 Å². The maximum Gasteiger partial charge on any atom is 0.427 e. The normalized spacial score (nSPS) is 16.8. The number of amides is 1. The van der Waals surface area contributed by atoms with Gasteiger partial charge < -0.3 is 14.6 Å². The van der Waals surface area contributed by atoms with Gasteiger partial charge in [0, 0.05) is 18.4 Å². The van der Waals surface area contributed by atoms with Gasteiger partial charge in [-0.3, -0.25) is 19.1 Å². The lowest BCUT2D eigenvalue weighted by Gasteiger charge is -2.36. The molecule has 0 fully saturated rings. The lowest BCUT2D eigenvalue weighted by molar-refractivity contribution is -0.242. The van der Waals surface area contributed by atoms with E-state index < -0.39 is 45.9 Å². The van der Waals surface area contributed by atoms with Crippen LogP contribution in [-0.2, 0) is 26.1 Å². The molecule has 3 rings (SSSR count). The van der Waals surface area contributed by atoms with Gasteiger partial charge in [0.05, 0.1) is 18.2 Å². The Kier molecular flexibility index (Phi) is 8.13. The number of sulfonamides is 1. The number of halogens is 4. The number of carbonyl (C=O) groups is 2. The summed E-state index contributed by atoms with van der Waals surface area (Å²) in [6.07, 6.45) is -5.90. The van der Waals surface area contributed by atoms with Crippen molar-refractivity contribution in [2.24, 2.45) is 5.92 Å². The molecule has 0 saturated heterocycles. The Labute approximate surface area is 221 Å². The average molecular weight is 583 g/mol. The number of fused-ring (bicyclic) bond motifs is 1. The number of benzene rings is 1. The molecule has 1 aromatic carbocycles. The molecule has 2 atom stereocenters. The third-order valence-electron chi connectivity index (χ3n) is 5.78. The summed E-state index contributed by atoms with van der Waals surface area (Å²) in [6.45, 7) is 4.56. The molecular weight excluding hydrogens is 557 g/mol. The first-order chi connectivity index (χ1) is 17.5. The molecule has 11 nitrogen and oxygen atoms in total. The first kappa shape index (κ1) is 29.4. The Bertz CT molecular complexity index is 1330. The number of anilines is 2. The lowest BCUT2D eigenvalue weighted by Crippen LogP contribution is -2.45. The maximum atomic E-state index is 13.7. The fourth-order valence-corrected chi connectivity index (χ4v) is 5.45. The number of carbonyl (C=O) groups excluding carboxylic acids is 1. The minimum Gasteiger partial charge on any atom is -0.486 e. The molecule has 1 aliphatic rings. The number of rotatable bonds is 8. The first-order valence-electron chi connectivity index (χ1n) is 11.3. The van der Waals surface area contributed by atoms with E-state index in [0.717, 1.165) is 4.31 Å². The molecule has 0 spiro atoms. The highest BCUT2D eigenvalue weighted by molar-refractivity contribution is 7.93. The molecule has 16 heteroatoms. The summed E-state index contributed by atoms with van der Waals surface area (Å²) in [7, 11) is -4.38. The molecule has 2 N–H and O–H groups in total. The van der Waals surface area contributed by atoms with Gasteiger partial charge >= 0.3 is 18.2 Å². The second-order valence-corrected chi connectivity index (χ2v) is 11.3. The number of aromatic nitrogens is 2. The summed E-state index contributed by atoms with van der Waals surface area (Å²) in [5.74, 6) is -1.91. The maximum absolute atomic E-state index is 13.7. The van der Waals surface area contributed by atoms with E-state index in [9.17, 15) is 36.3 Å². The highest BCUT2D eigenvalue weighted by atomic mass is 35.5. The molecule has 2 aromatic rings. The van der Waals surface area contributed by atoms with Crippen molar-refractivity contribution >= 4 is 45.1 Å². The summed E-state index contributed by atoms with van der Waals surface area (Å²) in [4.78, 5) is 23.2. The minimum absolute atomic E-state index is 0.0262. The summed E-state index contributed by atoms with van der Waals surface area (Å²) in [6, 6.07) is 3.76. The van der Waals surface area contributed by atoms with Gasteiger partial charge in [0.15, 0.2) is 5.15 Å². The van der Waals surface area contributed by atoms with Gasteiger partial charge in [0.1, 0.15) is 16.7 Å². The van der Waals surface area contributed by atoms with E-state index in [1.807, 2.05) is 0 Å². The molecule has 210 valence electrons. The SMILES string of the molecule is CCn1cc(S(=O)(=O)N2C[C@H](C[C@H](C)C(=O)O)Oc3ccc(NC(=O)OC(C)(C)C(F)(F)F)cc32)c(Cl)n1. The zero-order chi connectivity index (χ0) is 28.6. The van der Waals surface area contributed by atoms with Gasteiger partial charge in [-0.25, -0.2) is 13.2 Å². The Morgan fingerprint density at radius 1 is 1.34 bits per heavy atom. The summed E-state index contributed by atoms with van der Waals surface area (Å²) in [5.41, 5.74) is -2.92. The largest absolute Gasteiger partial charge is 0.486 e. The molecule has 0 unspecified atom stereocenters. The fraction of sp³-hybridized carbons (Fsp3) is 0.500. The number of hydrogen-bond donors (Lipinski definition) is 2. The van der Waals surface area contributed by atoms with Gasteiger partial charge in [-0.15, -0.1) is 0 Å². The van der Waals surface area contributed by atoms with Gasteiger partial charge in [-0.2, -0.15) is 18.3 Å². The topological polar surface area (TPSA) is 140 Å². The standard InChI is InChI=1S/C22H26ClF3N4O7S/c1-5-29-11-17(18(23)28-29)38(34,35)30-10-14(8-12(2)19(31)32)36-16-7-6-13(9-15(16)30)27-20(33)37-21(3,4)22(24,25)26/h6-7,9,11-12,14H,5,8,10H2,1-4H3,(H,27,33)(H,31,32)/t12-,14-/m0/s1. The van der Waals surface area contributed by atoms with Crippen LogP contribution in [0.4, 0.5) is 29.3 Å². The van der Waals surface area contributed by atoms with Crippen LogP contribution in [0, 0.1) is 5.92 Å². The quantitative estimate of drug-likeness (QED) is 0.463. The second-order valence-electron chi connectivity index (χ2n) is 9.10. The van der Waals surface area contributed by atoms with E-state index >= 15 is 0 Å². The molecule has 0 bridgehead atoms. The number of hydrogen-bond acceptors (Lipinski definition) is 7. The number of ether oxygens (including phenoxy) is 2. The van der Waals surface area contributed by atoms with Crippen molar-refractivity contribution in [3.63, 3.8) is 0 Å². The van der Waals surface area contributed by atoms with Gasteiger partial charge in [0.25, 0.3) is 10.0 Å². The van der Waals surface area contributed by atoms with Crippen LogP contribution in [0.15, 0.2) is 29.3 Å². The van der Waals surface area contributed by atoms with Crippen LogP contribution in [0.3, 0.4) is 0 Å². The molecule has 0 radical (unpaired) electrons. The Morgan fingerprint density at radius 3 is 2.55 bits per heavy atom. The molecule has 0 saturated carbocycles. The van der Waals surface area contributed by atoms with Crippen molar-refractivity contribution in [2.45, 2.75) is 63.4 Å². The van der Waals surface area contributed by atoms with Crippen molar-refractivity contribution in [3.05, 3.63) is 29.5 Å². The molecule has 1 amide bonds. The molecule has 38 heavy (non-hydrogen) atoms. The molecule has 0 aliphatic carbocycles. The summed E-state index contributed by atoms with van der Waals surface area (Å²) >= 11 is 6.10. The van der Waals surface area contributed by atoms with Gasteiger partial charge in [-0.1, -0.05) is 18.5 Å². The fourth-order valence-electron chi connectivity index (χ4n) is 3.50. The number of nitrogens with zero attached hydrogens (tertiary/aromatic N) is 3. The molecule has 1 aliphatic heterocycles. The Morgan fingerprint density at radius 2 is 2.00 bits per heavy atom. The average Bonchev–Trinajstić information content (AvgIpc) is 3.19. The van der Waals surface area contributed by atoms with Crippen molar-refractivity contribution < 1.29 is 45.8 Å². The Balaban J connectivity index is 2.00. The third-order valence-corrected chi connectivity index (χ3v) is 7.96. The van der Waals surface area contributed by atoms with Crippen LogP contribution in [0.1, 0.15) is 34.1 Å². The number of alkyl halides is 3. The first-order valence-corrected chi connectivity index (χ1v) is 13.1. The van der Waals surface area contributed by atoms with Crippen LogP contribution < -0.4 is 14.4 Å². The van der Waals surface area contributed by atoms with E-state index in [4.69, 9.17) is 16.3 Å². The van der Waals surface area contributed by atoms with Crippen LogP contribution in [0.25, 0.3) is 0 Å². The van der Waals surface area contributed by atoms with Crippen molar-refractivity contribution in [2.75, 3.05) is 16.2 Å². The minimum atomic E-state index is -4.83. The number of carboxylic acids is 1. The zero-order valence-electron chi connectivity index (χ0n) is 20.7. The van der Waals surface area contributed by atoms with Crippen molar-refractivity contribution in [3.8, 4) is 5.75 Å². The Hall–Kier alpha value is -3.20. The highest BCUT2D eigenvalue weighted by Gasteiger charge is 2.51. The molecular formula is C22H26ClF3N4O7S. The number of aryl methyl sites for hydroxylation is 1. The van der Waals surface area contributed by atoms with Crippen LogP contribution in [0.5, 0.6) is 5.75 Å². The van der Waals surface area contributed by atoms with Gasteiger partial charge in [-0.05, 0) is 45.4 Å². The lowest BCUT2D eigenvalue weighted by atomic mass is 10.0. The smallest absolute Gasteiger partial charge is 0.427 e. The third kappa shape index (κ3) is 6.09. The molecule has 2 heterocycles. The van der Waals surface area contributed by atoms with E-state index in [-0.39, 0.29) is 40.1 Å². The highest BCUT2D eigenvalue weighted by Crippen LogP contribution is 2.41. The van der Waals surface area contributed by atoms with E-state index in [0.29, 0.717) is 20.4 Å². The van der Waals surface area contributed by atoms with E-state index in [1.54, 1.807) is 6.92 Å². The summed E-state index contributed by atoms with van der Waals surface area (Å²) < 4.78 is 79.2. The van der Waals surface area contributed by atoms with E-state index in [1.165, 1.54) is 36.0 Å². The van der Waals surface area contributed by atoms with Crippen LogP contribution in [-0.4, -0.2) is 59.8 Å². The molecule has 1 aromatic heterocycles. The van der Waals surface area contributed by atoms with Crippen LogP contribution >= 0.6 is 11.6 Å². The number of carboxylic acid groups (broad SMARTS) is 1. The van der Waals surface area contributed by atoms with Gasteiger partial charge in [0.2, 0.25) is 5.60 Å². The van der Waals surface area contributed by atoms with Crippen molar-refractivity contribution in [1.82, 2.24) is 9.78 Å². The van der Waals surface area contributed by atoms with Crippen molar-refractivity contribution in [1.29, 1.82) is 0 Å². The number of nitrogens with one attached hydrogen (secondary N) is 1. The number of aliphatic carboxylic acids is 1. The predicted octanol–water partition coefficient (Wildman–Crippen LogP) is 4.51.